The van der Waals surface area contributed by atoms with Gasteiger partial charge in [0, 0.05) is 21.7 Å². The molecular weight excluding hydrogens is 302 g/mol. The van der Waals surface area contributed by atoms with Gasteiger partial charge in [-0.1, -0.05) is 32.0 Å². The molecule has 3 N–H and O–H groups in total. The highest BCUT2D eigenvalue weighted by Gasteiger charge is 2.14. The van der Waals surface area contributed by atoms with E-state index in [0.717, 1.165) is 37.8 Å². The van der Waals surface area contributed by atoms with Crippen molar-refractivity contribution in [3.63, 3.8) is 0 Å². The van der Waals surface area contributed by atoms with Crippen molar-refractivity contribution in [1.29, 1.82) is 0 Å². The Balaban J connectivity index is 0.000000815. The monoisotopic (exact) mass is 322 g/mol. The molecule has 0 spiro atoms. The van der Waals surface area contributed by atoms with Gasteiger partial charge < -0.3 is 9.97 Å². The largest absolute Gasteiger partial charge is 0.354 e. The maximum absolute atomic E-state index is 12.5. The van der Waals surface area contributed by atoms with Crippen LogP contribution in [0, 0.1) is 6.92 Å². The average molecular weight is 322 g/mol. The molecule has 4 aromatic rings. The van der Waals surface area contributed by atoms with Gasteiger partial charge in [-0.3, -0.25) is 10.0 Å². The standard InChI is InChI=1S/C17H13N3O2.C2H6/c1-10-12-4-2-3-5-14(12)19-17(21)16(10)15-8-11-9-20(22)7-6-13(11)18-15;1-2/h2-9,22H,1H3,(H,19,21);1-2H3/p+1. The third kappa shape index (κ3) is 2.54. The van der Waals surface area contributed by atoms with Crippen LogP contribution in [0.3, 0.4) is 0 Å². The van der Waals surface area contributed by atoms with Crippen LogP contribution in [0.15, 0.2) is 53.6 Å². The lowest BCUT2D eigenvalue weighted by Crippen LogP contribution is -2.27. The molecule has 0 aliphatic heterocycles. The highest BCUT2D eigenvalue weighted by Crippen LogP contribution is 2.26. The van der Waals surface area contributed by atoms with Crippen molar-refractivity contribution in [3.05, 3.63) is 64.7 Å². The van der Waals surface area contributed by atoms with Crippen LogP contribution in [0.1, 0.15) is 19.4 Å². The number of aryl methyl sites for hydroxylation is 1. The van der Waals surface area contributed by atoms with Crippen molar-refractivity contribution < 1.29 is 9.94 Å². The van der Waals surface area contributed by atoms with Gasteiger partial charge in [-0.2, -0.15) is 0 Å². The van der Waals surface area contributed by atoms with E-state index in [2.05, 4.69) is 9.97 Å². The summed E-state index contributed by atoms with van der Waals surface area (Å²) in [6.45, 7) is 5.95. The zero-order chi connectivity index (χ0) is 17.3. The van der Waals surface area contributed by atoms with Crippen molar-refractivity contribution in [2.45, 2.75) is 20.8 Å². The van der Waals surface area contributed by atoms with E-state index in [4.69, 9.17) is 0 Å². The van der Waals surface area contributed by atoms with Crippen molar-refractivity contribution in [2.24, 2.45) is 0 Å². The number of nitrogens with zero attached hydrogens (tertiary/aromatic N) is 1. The predicted molar refractivity (Wildman–Crippen MR) is 95.3 cm³/mol. The fourth-order valence-corrected chi connectivity index (χ4v) is 2.94. The van der Waals surface area contributed by atoms with E-state index in [1.165, 1.54) is 0 Å². The number of hydrogen-bond acceptors (Lipinski definition) is 2. The first-order chi connectivity index (χ1) is 11.6. The van der Waals surface area contributed by atoms with Crippen LogP contribution in [0.4, 0.5) is 0 Å². The van der Waals surface area contributed by atoms with E-state index in [1.807, 2.05) is 51.1 Å². The lowest BCUT2D eigenvalue weighted by molar-refractivity contribution is -0.903. The second-order valence-corrected chi connectivity index (χ2v) is 5.38. The summed E-state index contributed by atoms with van der Waals surface area (Å²) < 4.78 is 0.997. The molecule has 0 fully saturated rings. The average Bonchev–Trinajstić information content (AvgIpc) is 2.99. The minimum atomic E-state index is -0.125. The van der Waals surface area contributed by atoms with E-state index >= 15 is 0 Å². The summed E-state index contributed by atoms with van der Waals surface area (Å²) in [5.41, 5.74) is 3.87. The summed E-state index contributed by atoms with van der Waals surface area (Å²) in [7, 11) is 0. The number of fused-ring (bicyclic) bond motifs is 2. The molecule has 122 valence electrons. The second-order valence-electron chi connectivity index (χ2n) is 5.38. The van der Waals surface area contributed by atoms with Gasteiger partial charge in [0.25, 0.3) is 5.56 Å². The summed E-state index contributed by atoms with van der Waals surface area (Å²) in [5.74, 6) is 0. The Hall–Kier alpha value is -3.08. The fraction of sp³-hybridized carbons (Fsp3) is 0.158. The molecule has 0 saturated heterocycles. The minimum Gasteiger partial charge on any atom is -0.354 e. The van der Waals surface area contributed by atoms with Crippen molar-refractivity contribution in [1.82, 2.24) is 9.97 Å². The number of nitrogens with one attached hydrogen (secondary N) is 2. The van der Waals surface area contributed by atoms with Crippen LogP contribution in [-0.4, -0.2) is 15.2 Å². The molecule has 0 atom stereocenters. The highest BCUT2D eigenvalue weighted by molar-refractivity contribution is 5.90. The lowest BCUT2D eigenvalue weighted by Gasteiger charge is -2.07. The molecule has 1 aromatic carbocycles. The van der Waals surface area contributed by atoms with E-state index in [-0.39, 0.29) is 5.56 Å². The van der Waals surface area contributed by atoms with Crippen LogP contribution in [0.5, 0.6) is 0 Å². The molecule has 0 radical (unpaired) electrons. The number of benzene rings is 1. The quantitative estimate of drug-likeness (QED) is 0.370. The van der Waals surface area contributed by atoms with E-state index in [9.17, 15) is 10.0 Å². The maximum Gasteiger partial charge on any atom is 0.258 e. The number of aromatic amines is 2. The van der Waals surface area contributed by atoms with Gasteiger partial charge in [0.2, 0.25) is 12.4 Å². The van der Waals surface area contributed by atoms with Crippen LogP contribution in [0.25, 0.3) is 33.1 Å². The first-order valence-electron chi connectivity index (χ1n) is 7.99. The summed E-state index contributed by atoms with van der Waals surface area (Å²) >= 11 is 0. The lowest BCUT2D eigenvalue weighted by atomic mass is 10.0. The van der Waals surface area contributed by atoms with Crippen molar-refractivity contribution in [3.8, 4) is 11.3 Å². The first kappa shape index (κ1) is 15.8. The van der Waals surface area contributed by atoms with Crippen LogP contribution < -0.4 is 10.3 Å². The van der Waals surface area contributed by atoms with E-state index in [1.54, 1.807) is 18.5 Å². The molecule has 3 aromatic heterocycles. The summed E-state index contributed by atoms with van der Waals surface area (Å²) in [4.78, 5) is 18.6. The number of rotatable bonds is 1. The second kappa shape index (κ2) is 6.20. The number of hydrogen-bond donors (Lipinski definition) is 3. The molecule has 5 heteroatoms. The molecule has 0 saturated carbocycles. The Morgan fingerprint density at radius 2 is 1.79 bits per heavy atom. The third-order valence-corrected chi connectivity index (χ3v) is 4.00. The zero-order valence-electron chi connectivity index (χ0n) is 13.9. The molecule has 0 unspecified atom stereocenters. The SMILES string of the molecule is CC.Cc1c(-c2cc3c[n+](O)ccc3[nH]2)c(=O)[nH]c2ccccc12. The topological polar surface area (TPSA) is 72.8 Å². The summed E-state index contributed by atoms with van der Waals surface area (Å²) in [6, 6.07) is 11.4. The molecule has 0 aliphatic carbocycles. The van der Waals surface area contributed by atoms with Crippen LogP contribution in [-0.2, 0) is 0 Å². The summed E-state index contributed by atoms with van der Waals surface area (Å²) in [6.07, 6.45) is 3.14. The summed E-state index contributed by atoms with van der Waals surface area (Å²) in [5, 5.41) is 11.4. The Bertz CT molecular complexity index is 1080. The predicted octanol–water partition coefficient (Wildman–Crippen LogP) is 3.54. The Labute approximate surface area is 139 Å². The number of pyridine rings is 2. The minimum absolute atomic E-state index is 0.125. The molecule has 24 heavy (non-hydrogen) atoms. The van der Waals surface area contributed by atoms with Crippen LogP contribution in [0.2, 0.25) is 0 Å². The van der Waals surface area contributed by atoms with Crippen molar-refractivity contribution >= 4 is 21.8 Å². The molecule has 5 nitrogen and oxygen atoms in total. The number of para-hydroxylation sites is 1. The van der Waals surface area contributed by atoms with E-state index in [0.29, 0.717) is 5.56 Å². The Kier molecular flexibility index (Phi) is 4.08. The van der Waals surface area contributed by atoms with Gasteiger partial charge in [-0.05, 0) is 24.6 Å². The van der Waals surface area contributed by atoms with Crippen molar-refractivity contribution in [2.75, 3.05) is 0 Å². The molecular formula is C19H20N3O2+. The Morgan fingerprint density at radius 3 is 2.58 bits per heavy atom. The maximum atomic E-state index is 12.5. The van der Waals surface area contributed by atoms with Gasteiger partial charge in [0.05, 0.1) is 22.2 Å². The fourth-order valence-electron chi connectivity index (χ4n) is 2.94. The van der Waals surface area contributed by atoms with Gasteiger partial charge >= 0.3 is 0 Å². The number of H-pyrrole nitrogens is 2. The highest BCUT2D eigenvalue weighted by atomic mass is 16.5. The van der Waals surface area contributed by atoms with Crippen LogP contribution >= 0.6 is 0 Å². The molecule has 0 amide bonds. The van der Waals surface area contributed by atoms with Gasteiger partial charge in [-0.15, -0.1) is 0 Å². The molecule has 4 rings (SSSR count). The zero-order valence-corrected chi connectivity index (χ0v) is 13.9. The van der Waals surface area contributed by atoms with Gasteiger partial charge in [0.15, 0.2) is 0 Å². The molecule has 0 aliphatic rings. The molecule has 0 bridgehead atoms. The Morgan fingerprint density at radius 1 is 1.04 bits per heavy atom. The van der Waals surface area contributed by atoms with E-state index < -0.39 is 0 Å². The van der Waals surface area contributed by atoms with Gasteiger partial charge in [-0.25, -0.2) is 0 Å². The third-order valence-electron chi connectivity index (χ3n) is 4.00. The first-order valence-corrected chi connectivity index (χ1v) is 7.99. The number of aromatic nitrogens is 3. The van der Waals surface area contributed by atoms with Gasteiger partial charge in [0.1, 0.15) is 0 Å². The normalized spacial score (nSPS) is 10.6. The molecule has 3 heterocycles. The smallest absolute Gasteiger partial charge is 0.258 e.